The van der Waals surface area contributed by atoms with Crippen LogP contribution >= 0.6 is 0 Å². The van der Waals surface area contributed by atoms with Gasteiger partial charge in [-0.25, -0.2) is 9.97 Å². The maximum absolute atomic E-state index is 10.8. The molecule has 0 radical (unpaired) electrons. The number of hydrogen-bond donors (Lipinski definition) is 1. The van der Waals surface area contributed by atoms with E-state index < -0.39 is 4.92 Å². The molecule has 100 valence electrons. The zero-order valence-corrected chi connectivity index (χ0v) is 10.7. The van der Waals surface area contributed by atoms with Crippen LogP contribution in [0.25, 0.3) is 0 Å². The van der Waals surface area contributed by atoms with Gasteiger partial charge in [-0.2, -0.15) is 0 Å². The van der Waals surface area contributed by atoms with Crippen molar-refractivity contribution in [3.63, 3.8) is 0 Å². The van der Waals surface area contributed by atoms with E-state index in [4.69, 9.17) is 4.42 Å². The molecule has 2 aromatic rings. The third kappa shape index (κ3) is 3.06. The molecule has 2 rings (SSSR count). The van der Waals surface area contributed by atoms with Crippen molar-refractivity contribution in [3.8, 4) is 0 Å². The monoisotopic (exact) mass is 262 g/mol. The number of nitrogens with one attached hydrogen (secondary N) is 1. The Balaban J connectivity index is 2.07. The molecule has 0 unspecified atom stereocenters. The molecule has 1 N–H and O–H groups in total. The van der Waals surface area contributed by atoms with Crippen molar-refractivity contribution < 1.29 is 9.34 Å². The number of rotatable bonds is 5. The Morgan fingerprint density at radius 1 is 1.42 bits per heavy atom. The van der Waals surface area contributed by atoms with Gasteiger partial charge < -0.3 is 9.73 Å². The molecule has 7 nitrogen and oxygen atoms in total. The fraction of sp³-hybridized carbons (Fsp3) is 0.333. The summed E-state index contributed by atoms with van der Waals surface area (Å²) >= 11 is 0. The van der Waals surface area contributed by atoms with Crippen LogP contribution in [0.5, 0.6) is 0 Å². The van der Waals surface area contributed by atoms with Crippen LogP contribution in [0.15, 0.2) is 22.9 Å². The second-order valence-corrected chi connectivity index (χ2v) is 4.04. The van der Waals surface area contributed by atoms with Gasteiger partial charge >= 0.3 is 0 Å². The van der Waals surface area contributed by atoms with Gasteiger partial charge in [-0.15, -0.1) is 0 Å². The summed E-state index contributed by atoms with van der Waals surface area (Å²) in [6.45, 7) is 3.96. The van der Waals surface area contributed by atoms with Gasteiger partial charge in [0.1, 0.15) is 11.6 Å². The molecule has 0 bridgehead atoms. The Labute approximate surface area is 109 Å². The summed E-state index contributed by atoms with van der Waals surface area (Å²) in [4.78, 5) is 18.5. The summed E-state index contributed by atoms with van der Waals surface area (Å²) in [6.07, 6.45) is 3.91. The Morgan fingerprint density at radius 3 is 2.84 bits per heavy atom. The van der Waals surface area contributed by atoms with E-state index in [0.29, 0.717) is 23.8 Å². The van der Waals surface area contributed by atoms with Crippen LogP contribution in [0.4, 0.5) is 11.5 Å². The summed E-state index contributed by atoms with van der Waals surface area (Å²) in [5, 5.41) is 13.8. The minimum absolute atomic E-state index is 0.0409. The molecule has 0 saturated carbocycles. The zero-order chi connectivity index (χ0) is 13.8. The number of nitrogens with zero attached hydrogens (tertiary/aromatic N) is 3. The Hall–Kier alpha value is -2.44. The summed E-state index contributed by atoms with van der Waals surface area (Å²) < 4.78 is 5.42. The van der Waals surface area contributed by atoms with Crippen molar-refractivity contribution in [3.05, 3.63) is 45.8 Å². The molecule has 0 aliphatic heterocycles. The van der Waals surface area contributed by atoms with Crippen LogP contribution in [0, 0.1) is 17.0 Å². The maximum Gasteiger partial charge on any atom is 0.277 e. The highest BCUT2D eigenvalue weighted by Gasteiger charge is 2.12. The first-order valence-corrected chi connectivity index (χ1v) is 5.88. The first-order chi connectivity index (χ1) is 9.10. The largest absolute Gasteiger partial charge is 0.444 e. The van der Waals surface area contributed by atoms with Crippen molar-refractivity contribution >= 4 is 11.5 Å². The van der Waals surface area contributed by atoms with Crippen molar-refractivity contribution in [2.24, 2.45) is 0 Å². The first kappa shape index (κ1) is 13.0. The smallest absolute Gasteiger partial charge is 0.277 e. The van der Waals surface area contributed by atoms with Crippen LogP contribution in [0.3, 0.4) is 0 Å². The molecular weight excluding hydrogens is 248 g/mol. The van der Waals surface area contributed by atoms with E-state index >= 15 is 0 Å². The zero-order valence-electron chi connectivity index (χ0n) is 10.7. The molecule has 0 saturated heterocycles. The molecule has 2 aromatic heterocycles. The lowest BCUT2D eigenvalue weighted by molar-refractivity contribution is -0.385. The molecule has 0 aromatic carbocycles. The van der Waals surface area contributed by atoms with Gasteiger partial charge in [0.2, 0.25) is 5.89 Å². The fourth-order valence-electron chi connectivity index (χ4n) is 1.57. The van der Waals surface area contributed by atoms with E-state index in [-0.39, 0.29) is 5.69 Å². The third-order valence-corrected chi connectivity index (χ3v) is 2.64. The second-order valence-electron chi connectivity index (χ2n) is 4.04. The minimum Gasteiger partial charge on any atom is -0.444 e. The van der Waals surface area contributed by atoms with E-state index in [9.17, 15) is 10.1 Å². The number of oxazole rings is 1. The Kier molecular flexibility index (Phi) is 3.74. The lowest BCUT2D eigenvalue weighted by Gasteiger charge is -2.03. The molecule has 7 heteroatoms. The standard InChI is InChI=1S/C12H14N4O3/c1-3-9-6-15-12(19-9)7-14-11-4-10(16(17)18)8(2)5-13-11/h4-6H,3,7H2,1-2H3,(H,13,14). The third-order valence-electron chi connectivity index (χ3n) is 2.64. The van der Waals surface area contributed by atoms with E-state index in [1.54, 1.807) is 13.1 Å². The SMILES string of the molecule is CCc1cnc(CNc2cc([N+](=O)[O-])c(C)cn2)o1. The highest BCUT2D eigenvalue weighted by atomic mass is 16.6. The van der Waals surface area contributed by atoms with Crippen molar-refractivity contribution in [2.45, 2.75) is 26.8 Å². The van der Waals surface area contributed by atoms with Gasteiger partial charge in [0.25, 0.3) is 5.69 Å². The summed E-state index contributed by atoms with van der Waals surface area (Å²) in [7, 11) is 0. The number of aryl methyl sites for hydroxylation is 2. The maximum atomic E-state index is 10.8. The van der Waals surface area contributed by atoms with E-state index in [0.717, 1.165) is 12.2 Å². The highest BCUT2D eigenvalue weighted by Crippen LogP contribution is 2.20. The van der Waals surface area contributed by atoms with Crippen LogP contribution in [0.1, 0.15) is 24.1 Å². The van der Waals surface area contributed by atoms with Gasteiger partial charge in [-0.05, 0) is 6.92 Å². The number of pyridine rings is 1. The molecule has 0 fully saturated rings. The van der Waals surface area contributed by atoms with Gasteiger partial charge in [0.05, 0.1) is 23.7 Å². The number of aromatic nitrogens is 2. The van der Waals surface area contributed by atoms with Crippen molar-refractivity contribution in [1.82, 2.24) is 9.97 Å². The van der Waals surface area contributed by atoms with Gasteiger partial charge in [-0.3, -0.25) is 10.1 Å². The van der Waals surface area contributed by atoms with Gasteiger partial charge in [-0.1, -0.05) is 6.92 Å². The Morgan fingerprint density at radius 2 is 2.21 bits per heavy atom. The molecule has 0 atom stereocenters. The molecule has 0 aliphatic carbocycles. The fourth-order valence-corrected chi connectivity index (χ4v) is 1.57. The molecule has 19 heavy (non-hydrogen) atoms. The molecule has 0 aliphatic rings. The van der Waals surface area contributed by atoms with E-state index in [1.165, 1.54) is 12.3 Å². The van der Waals surface area contributed by atoms with Crippen LogP contribution in [0.2, 0.25) is 0 Å². The van der Waals surface area contributed by atoms with Gasteiger partial charge in [0.15, 0.2) is 0 Å². The number of nitro groups is 1. The predicted molar refractivity (Wildman–Crippen MR) is 68.8 cm³/mol. The topological polar surface area (TPSA) is 94.1 Å². The summed E-state index contributed by atoms with van der Waals surface area (Å²) in [6, 6.07) is 1.40. The van der Waals surface area contributed by atoms with Crippen molar-refractivity contribution in [2.75, 3.05) is 5.32 Å². The van der Waals surface area contributed by atoms with E-state index in [2.05, 4.69) is 15.3 Å². The second kappa shape index (κ2) is 5.47. The number of hydrogen-bond acceptors (Lipinski definition) is 6. The summed E-state index contributed by atoms with van der Waals surface area (Å²) in [5.41, 5.74) is 0.569. The summed E-state index contributed by atoms with van der Waals surface area (Å²) in [5.74, 6) is 1.76. The van der Waals surface area contributed by atoms with Crippen LogP contribution in [-0.4, -0.2) is 14.9 Å². The highest BCUT2D eigenvalue weighted by molar-refractivity contribution is 5.48. The number of anilines is 1. The molecule has 0 spiro atoms. The quantitative estimate of drug-likeness (QED) is 0.657. The molecule has 2 heterocycles. The van der Waals surface area contributed by atoms with Gasteiger partial charge in [0, 0.05) is 18.2 Å². The Bertz CT molecular complexity index is 594. The lowest BCUT2D eigenvalue weighted by atomic mass is 10.2. The predicted octanol–water partition coefficient (Wildman–Crippen LogP) is 2.46. The lowest BCUT2D eigenvalue weighted by Crippen LogP contribution is -2.03. The normalized spacial score (nSPS) is 10.4. The van der Waals surface area contributed by atoms with E-state index in [1.807, 2.05) is 6.92 Å². The first-order valence-electron chi connectivity index (χ1n) is 5.88. The van der Waals surface area contributed by atoms with Crippen LogP contribution in [-0.2, 0) is 13.0 Å². The molecule has 0 amide bonds. The average Bonchev–Trinajstić information content (AvgIpc) is 2.85. The molecular formula is C12H14N4O3. The average molecular weight is 262 g/mol. The van der Waals surface area contributed by atoms with Crippen LogP contribution < -0.4 is 5.32 Å². The minimum atomic E-state index is -0.428. The van der Waals surface area contributed by atoms with Crippen molar-refractivity contribution in [1.29, 1.82) is 0 Å².